The first-order chi connectivity index (χ1) is 5.88. The van der Waals surface area contributed by atoms with Crippen molar-refractivity contribution in [3.8, 4) is 0 Å². The van der Waals surface area contributed by atoms with Gasteiger partial charge < -0.3 is 0 Å². The quantitative estimate of drug-likeness (QED) is 0.769. The lowest BCUT2D eigenvalue weighted by atomic mass is 10.1. The van der Waals surface area contributed by atoms with Crippen LogP contribution in [0.25, 0.3) is 0 Å². The van der Waals surface area contributed by atoms with Crippen molar-refractivity contribution in [2.24, 2.45) is 0 Å². The second-order valence-corrected chi connectivity index (χ2v) is 4.37. The van der Waals surface area contributed by atoms with Crippen molar-refractivity contribution < 1.29 is 3.07 Å². The SMILES string of the molecule is CCCCc1ccccc1I=O. The monoisotopic (exact) mass is 276 g/mol. The number of aryl methyl sites for hydroxylation is 1. The molecule has 0 saturated heterocycles. The first kappa shape index (κ1) is 9.84. The minimum absolute atomic E-state index is 0.980. The largest absolute Gasteiger partial charge is 0.265 e. The van der Waals surface area contributed by atoms with Crippen molar-refractivity contribution in [1.82, 2.24) is 0 Å². The fraction of sp³-hybridized carbons (Fsp3) is 0.400. The summed E-state index contributed by atoms with van der Waals surface area (Å²) in [6, 6.07) is 8.05. The number of hydrogen-bond donors (Lipinski definition) is 0. The molecule has 1 aromatic carbocycles. The van der Waals surface area contributed by atoms with Crippen LogP contribution in [0.3, 0.4) is 0 Å². The second kappa shape index (κ2) is 5.41. The molecule has 0 aliphatic carbocycles. The van der Waals surface area contributed by atoms with E-state index in [0.29, 0.717) is 0 Å². The van der Waals surface area contributed by atoms with Crippen molar-refractivity contribution in [1.29, 1.82) is 0 Å². The van der Waals surface area contributed by atoms with Gasteiger partial charge >= 0.3 is 0 Å². The first-order valence-corrected chi connectivity index (χ1v) is 6.19. The molecule has 0 atom stereocenters. The van der Waals surface area contributed by atoms with Gasteiger partial charge in [-0.1, -0.05) is 31.5 Å². The zero-order valence-electron chi connectivity index (χ0n) is 7.22. The molecular formula is C10H13IO. The van der Waals surface area contributed by atoms with E-state index in [4.69, 9.17) is 0 Å². The number of halogens is 1. The molecule has 0 saturated carbocycles. The third kappa shape index (κ3) is 2.66. The number of rotatable bonds is 4. The normalized spacial score (nSPS) is 10.1. The molecule has 1 nitrogen and oxygen atoms in total. The Hall–Kier alpha value is -0.250. The van der Waals surface area contributed by atoms with E-state index in [2.05, 4.69) is 13.0 Å². The summed E-state index contributed by atoms with van der Waals surface area (Å²) in [4.78, 5) is 0. The smallest absolute Gasteiger partial charge is 0.182 e. The molecule has 0 bridgehead atoms. The summed E-state index contributed by atoms with van der Waals surface area (Å²) in [5, 5.41) is 0. The van der Waals surface area contributed by atoms with Crippen LogP contribution >= 0.6 is 21.2 Å². The molecule has 2 heteroatoms. The fourth-order valence-corrected chi connectivity index (χ4v) is 2.23. The van der Waals surface area contributed by atoms with Crippen LogP contribution in [-0.2, 0) is 9.49 Å². The zero-order valence-corrected chi connectivity index (χ0v) is 9.37. The van der Waals surface area contributed by atoms with E-state index < -0.39 is 21.2 Å². The molecule has 0 fully saturated rings. The Balaban J connectivity index is 2.75. The van der Waals surface area contributed by atoms with Crippen LogP contribution < -0.4 is 0 Å². The molecule has 1 aromatic rings. The van der Waals surface area contributed by atoms with Crippen LogP contribution in [0.15, 0.2) is 24.3 Å². The molecule has 66 valence electrons. The van der Waals surface area contributed by atoms with Gasteiger partial charge in [0.1, 0.15) is 0 Å². The Kier molecular flexibility index (Phi) is 4.43. The molecule has 12 heavy (non-hydrogen) atoms. The summed E-state index contributed by atoms with van der Waals surface area (Å²) in [7, 11) is 0. The van der Waals surface area contributed by atoms with Gasteiger partial charge in [0.2, 0.25) is 0 Å². The predicted molar refractivity (Wildman–Crippen MR) is 58.5 cm³/mol. The van der Waals surface area contributed by atoms with Gasteiger partial charge in [0.05, 0.1) is 0 Å². The molecular weight excluding hydrogens is 263 g/mol. The lowest BCUT2D eigenvalue weighted by Crippen LogP contribution is -1.88. The summed E-state index contributed by atoms with van der Waals surface area (Å²) < 4.78 is 11.9. The molecule has 0 heterocycles. The van der Waals surface area contributed by atoms with Gasteiger partial charge in [-0.15, -0.1) is 0 Å². The Morgan fingerprint density at radius 2 is 2.08 bits per heavy atom. The topological polar surface area (TPSA) is 17.1 Å². The molecule has 0 N–H and O–H groups in total. The lowest BCUT2D eigenvalue weighted by Gasteiger charge is -2.00. The molecule has 0 unspecified atom stereocenters. The minimum Gasteiger partial charge on any atom is -0.265 e. The van der Waals surface area contributed by atoms with Crippen LogP contribution in [0.2, 0.25) is 0 Å². The van der Waals surface area contributed by atoms with Crippen molar-refractivity contribution in [2.45, 2.75) is 26.2 Å². The van der Waals surface area contributed by atoms with E-state index >= 15 is 0 Å². The Morgan fingerprint density at radius 3 is 2.75 bits per heavy atom. The van der Waals surface area contributed by atoms with Crippen molar-refractivity contribution in [2.75, 3.05) is 0 Å². The van der Waals surface area contributed by atoms with Crippen LogP contribution in [-0.4, -0.2) is 0 Å². The third-order valence-corrected chi connectivity index (χ3v) is 3.37. The Morgan fingerprint density at radius 1 is 1.33 bits per heavy atom. The molecule has 0 aliphatic rings. The highest BCUT2D eigenvalue weighted by molar-refractivity contribution is 14.1. The zero-order chi connectivity index (χ0) is 8.81. The average Bonchev–Trinajstić information content (AvgIpc) is 2.15. The van der Waals surface area contributed by atoms with Gasteiger partial charge in [-0.05, 0) is 24.5 Å². The van der Waals surface area contributed by atoms with E-state index in [1.807, 2.05) is 18.2 Å². The maximum Gasteiger partial charge on any atom is 0.182 e. The summed E-state index contributed by atoms with van der Waals surface area (Å²) in [5.74, 6) is 0. The van der Waals surface area contributed by atoms with Crippen molar-refractivity contribution in [3.05, 3.63) is 33.4 Å². The van der Waals surface area contributed by atoms with Crippen LogP contribution in [0.5, 0.6) is 0 Å². The minimum atomic E-state index is -0.980. The van der Waals surface area contributed by atoms with Crippen LogP contribution in [0, 0.1) is 3.57 Å². The summed E-state index contributed by atoms with van der Waals surface area (Å²) in [6.07, 6.45) is 3.47. The first-order valence-electron chi connectivity index (χ1n) is 4.23. The summed E-state index contributed by atoms with van der Waals surface area (Å²) in [6.45, 7) is 2.18. The van der Waals surface area contributed by atoms with Crippen molar-refractivity contribution in [3.63, 3.8) is 0 Å². The van der Waals surface area contributed by atoms with E-state index in [0.717, 1.165) is 9.99 Å². The van der Waals surface area contributed by atoms with E-state index in [9.17, 15) is 3.07 Å². The second-order valence-electron chi connectivity index (χ2n) is 2.77. The van der Waals surface area contributed by atoms with Crippen LogP contribution in [0.1, 0.15) is 25.3 Å². The molecule has 0 spiro atoms. The molecule has 0 amide bonds. The lowest BCUT2D eigenvalue weighted by molar-refractivity contribution is 0.647. The third-order valence-electron chi connectivity index (χ3n) is 1.84. The highest BCUT2D eigenvalue weighted by Gasteiger charge is 1.99. The molecule has 0 aliphatic heterocycles. The fourth-order valence-electron chi connectivity index (χ4n) is 1.14. The molecule has 0 aromatic heterocycles. The number of benzene rings is 1. The van der Waals surface area contributed by atoms with Gasteiger partial charge in [0.15, 0.2) is 21.2 Å². The maximum atomic E-state index is 10.8. The Bertz CT molecular complexity index is 258. The average molecular weight is 276 g/mol. The van der Waals surface area contributed by atoms with E-state index in [1.54, 1.807) is 0 Å². The predicted octanol–water partition coefficient (Wildman–Crippen LogP) is 3.52. The molecule has 0 radical (unpaired) electrons. The standard InChI is InChI=1S/C10H13IO/c1-2-3-6-9-7-4-5-8-10(9)11-12/h4-5,7-8H,2-3,6H2,1H3. The number of hydrogen-bond acceptors (Lipinski definition) is 1. The van der Waals surface area contributed by atoms with Gasteiger partial charge in [0, 0.05) is 3.57 Å². The Labute approximate surface area is 83.8 Å². The maximum absolute atomic E-state index is 10.8. The van der Waals surface area contributed by atoms with Crippen molar-refractivity contribution >= 4 is 21.2 Å². The van der Waals surface area contributed by atoms with Gasteiger partial charge in [0.25, 0.3) is 0 Å². The summed E-state index contributed by atoms with van der Waals surface area (Å²) >= 11 is -0.980. The van der Waals surface area contributed by atoms with E-state index in [-0.39, 0.29) is 0 Å². The molecule has 1 rings (SSSR count). The van der Waals surface area contributed by atoms with E-state index in [1.165, 1.54) is 18.4 Å². The summed E-state index contributed by atoms with van der Waals surface area (Å²) in [5.41, 5.74) is 1.28. The van der Waals surface area contributed by atoms with Crippen LogP contribution in [0.4, 0.5) is 0 Å². The number of unbranched alkanes of at least 4 members (excludes halogenated alkanes) is 1. The highest BCUT2D eigenvalue weighted by atomic mass is 127. The van der Waals surface area contributed by atoms with Gasteiger partial charge in [-0.3, -0.25) is 3.07 Å². The van der Waals surface area contributed by atoms with Gasteiger partial charge in [-0.25, -0.2) is 0 Å². The highest BCUT2D eigenvalue weighted by Crippen LogP contribution is 2.17. The van der Waals surface area contributed by atoms with Gasteiger partial charge in [-0.2, -0.15) is 0 Å².